The summed E-state index contributed by atoms with van der Waals surface area (Å²) in [5.74, 6) is -1.58. The molecule has 11 nitrogen and oxygen atoms in total. The van der Waals surface area contributed by atoms with Crippen molar-refractivity contribution in [1.82, 2.24) is 14.4 Å². The topological polar surface area (TPSA) is 133 Å². The Morgan fingerprint density at radius 2 is 1.91 bits per heavy atom. The number of ether oxygens (including phenoxy) is 3. The first-order valence-electron chi connectivity index (χ1n) is 14.8. The van der Waals surface area contributed by atoms with Crippen molar-refractivity contribution in [1.29, 1.82) is 0 Å². The number of aliphatic hydroxyl groups is 1. The summed E-state index contributed by atoms with van der Waals surface area (Å²) in [5.41, 5.74) is 2.84. The number of anilines is 1. The molecule has 0 spiro atoms. The van der Waals surface area contributed by atoms with Gasteiger partial charge in [-0.3, -0.25) is 14.5 Å². The fourth-order valence-corrected chi connectivity index (χ4v) is 6.26. The largest absolute Gasteiger partial charge is 0.505 e. The van der Waals surface area contributed by atoms with E-state index < -0.39 is 29.5 Å². The molecule has 1 aliphatic rings. The maximum atomic E-state index is 13.8. The lowest BCUT2D eigenvalue weighted by molar-refractivity contribution is -0.132. The number of amides is 1. The molecule has 12 heteroatoms. The first-order chi connectivity index (χ1) is 22.0. The number of thiazole rings is 1. The molecular formula is C34H36N4O7S. The molecule has 1 aromatic carbocycles. The standard InChI is InChI=1S/C34H36N4O7S/c1-8-15-45-33(42)30-20(5)35-34(46-30)38-27(22-11-12-23(24(17-22)43-7)44-16-13-18(2)3)25(29(40)32(38)41)28(39)26-21(6)37-14-9-10-19(4)31(37)36-26/h8-12,14,17-18,27,39H,1,13,15-16H2,2-7H3. The molecule has 46 heavy (non-hydrogen) atoms. The van der Waals surface area contributed by atoms with Crippen LogP contribution in [0.5, 0.6) is 11.5 Å². The molecule has 0 radical (unpaired) electrons. The Bertz CT molecular complexity index is 1890. The maximum Gasteiger partial charge on any atom is 0.350 e. The van der Waals surface area contributed by atoms with Gasteiger partial charge in [0, 0.05) is 6.20 Å². The molecule has 240 valence electrons. The zero-order valence-electron chi connectivity index (χ0n) is 26.6. The summed E-state index contributed by atoms with van der Waals surface area (Å²) in [6, 6.07) is 7.71. The lowest BCUT2D eigenvalue weighted by Gasteiger charge is -2.24. The predicted molar refractivity (Wildman–Crippen MR) is 175 cm³/mol. The third-order valence-electron chi connectivity index (χ3n) is 7.72. The Hall–Kier alpha value is -4.97. The van der Waals surface area contributed by atoms with Crippen molar-refractivity contribution in [2.45, 2.75) is 47.1 Å². The van der Waals surface area contributed by atoms with E-state index in [-0.39, 0.29) is 27.9 Å². The lowest BCUT2D eigenvalue weighted by atomic mass is 9.96. The molecule has 1 amide bonds. The molecule has 4 aromatic rings. The summed E-state index contributed by atoms with van der Waals surface area (Å²) in [4.78, 5) is 50.9. The summed E-state index contributed by atoms with van der Waals surface area (Å²) >= 11 is 0.918. The third-order valence-corrected chi connectivity index (χ3v) is 8.85. The van der Waals surface area contributed by atoms with Crippen LogP contribution in [-0.4, -0.2) is 57.5 Å². The van der Waals surface area contributed by atoms with Crippen molar-refractivity contribution in [3.8, 4) is 11.5 Å². The Morgan fingerprint density at radius 1 is 1.15 bits per heavy atom. The second-order valence-corrected chi connectivity index (χ2v) is 12.3. The smallest absolute Gasteiger partial charge is 0.350 e. The minimum atomic E-state index is -1.13. The molecule has 1 N–H and O–H groups in total. The number of hydrogen-bond donors (Lipinski definition) is 1. The van der Waals surface area contributed by atoms with E-state index in [0.717, 1.165) is 23.3 Å². The zero-order chi connectivity index (χ0) is 33.3. The number of methoxy groups -OCH3 is 1. The monoisotopic (exact) mass is 644 g/mol. The highest BCUT2D eigenvalue weighted by molar-refractivity contribution is 7.17. The number of pyridine rings is 1. The van der Waals surface area contributed by atoms with Gasteiger partial charge in [-0.15, -0.1) is 0 Å². The maximum absolute atomic E-state index is 13.8. The van der Waals surface area contributed by atoms with Crippen LogP contribution >= 0.6 is 11.3 Å². The van der Waals surface area contributed by atoms with Crippen LogP contribution in [0.1, 0.15) is 64.2 Å². The van der Waals surface area contributed by atoms with Gasteiger partial charge in [0.15, 0.2) is 22.4 Å². The highest BCUT2D eigenvalue weighted by Gasteiger charge is 2.49. The summed E-state index contributed by atoms with van der Waals surface area (Å²) in [7, 11) is 1.50. The minimum absolute atomic E-state index is 0.000753. The van der Waals surface area contributed by atoms with Crippen LogP contribution in [0, 0.1) is 26.7 Å². The number of esters is 1. The number of fused-ring (bicyclic) bond motifs is 1. The van der Waals surface area contributed by atoms with Crippen molar-refractivity contribution in [3.05, 3.63) is 87.8 Å². The van der Waals surface area contributed by atoms with E-state index >= 15 is 0 Å². The van der Waals surface area contributed by atoms with E-state index in [9.17, 15) is 19.5 Å². The van der Waals surface area contributed by atoms with Crippen LogP contribution in [0.4, 0.5) is 5.13 Å². The van der Waals surface area contributed by atoms with Crippen LogP contribution in [0.3, 0.4) is 0 Å². The number of carbonyl (C=O) groups is 3. The Balaban J connectivity index is 1.69. The molecule has 4 heterocycles. The second kappa shape index (κ2) is 13.2. The number of ketones is 1. The first kappa shape index (κ1) is 32.4. The fraction of sp³-hybridized carbons (Fsp3) is 0.324. The predicted octanol–water partition coefficient (Wildman–Crippen LogP) is 6.12. The van der Waals surface area contributed by atoms with Crippen molar-refractivity contribution >= 4 is 45.5 Å². The molecule has 0 aliphatic carbocycles. The number of carbonyl (C=O) groups excluding carboxylic acids is 3. The highest BCUT2D eigenvalue weighted by atomic mass is 32.1. The van der Waals surface area contributed by atoms with Gasteiger partial charge in [-0.2, -0.15) is 0 Å². The normalized spacial score (nSPS) is 16.0. The molecule has 0 bridgehead atoms. The number of Topliss-reactive ketones (excluding diaryl/α,β-unsaturated/α-hetero) is 1. The van der Waals surface area contributed by atoms with Crippen LogP contribution < -0.4 is 14.4 Å². The van der Waals surface area contributed by atoms with E-state index in [1.807, 2.05) is 29.7 Å². The van der Waals surface area contributed by atoms with E-state index in [0.29, 0.717) is 46.6 Å². The number of aryl methyl sites for hydroxylation is 3. The molecule has 1 saturated heterocycles. The average molecular weight is 645 g/mol. The van der Waals surface area contributed by atoms with Gasteiger partial charge in [-0.05, 0) is 62.4 Å². The Morgan fingerprint density at radius 3 is 2.59 bits per heavy atom. The second-order valence-electron chi connectivity index (χ2n) is 11.3. The fourth-order valence-electron chi connectivity index (χ4n) is 5.27. The van der Waals surface area contributed by atoms with Crippen molar-refractivity contribution in [2.75, 3.05) is 25.2 Å². The van der Waals surface area contributed by atoms with E-state index in [2.05, 4.69) is 30.4 Å². The number of imidazole rings is 1. The van der Waals surface area contributed by atoms with E-state index in [1.54, 1.807) is 32.0 Å². The number of nitrogens with zero attached hydrogens (tertiary/aromatic N) is 4. The van der Waals surface area contributed by atoms with Crippen molar-refractivity contribution in [2.24, 2.45) is 5.92 Å². The van der Waals surface area contributed by atoms with Crippen LogP contribution in [0.25, 0.3) is 11.4 Å². The summed E-state index contributed by atoms with van der Waals surface area (Å²) in [6.45, 7) is 13.5. The van der Waals surface area contributed by atoms with Gasteiger partial charge in [-0.25, -0.2) is 14.8 Å². The molecule has 1 aliphatic heterocycles. The van der Waals surface area contributed by atoms with Crippen LogP contribution in [-0.2, 0) is 14.3 Å². The first-order valence-corrected chi connectivity index (χ1v) is 15.6. The molecule has 1 atom stereocenters. The Labute approximate surface area is 270 Å². The summed E-state index contributed by atoms with van der Waals surface area (Å²) < 4.78 is 18.6. The highest BCUT2D eigenvalue weighted by Crippen LogP contribution is 2.46. The number of aliphatic hydroxyl groups excluding tert-OH is 1. The quantitative estimate of drug-likeness (QED) is 0.0674. The van der Waals surface area contributed by atoms with Crippen LogP contribution in [0.2, 0.25) is 0 Å². The van der Waals surface area contributed by atoms with Gasteiger partial charge in [0.1, 0.15) is 22.8 Å². The van der Waals surface area contributed by atoms with Gasteiger partial charge < -0.3 is 23.7 Å². The van der Waals surface area contributed by atoms with Crippen LogP contribution in [0.15, 0.2) is 54.8 Å². The van der Waals surface area contributed by atoms with Gasteiger partial charge in [0.2, 0.25) is 0 Å². The number of rotatable bonds is 11. The SMILES string of the molecule is C=CCOC(=O)c1sc(N2C(=O)C(=O)C(=C(O)c3nc4c(C)cccn4c3C)C2c2ccc(OCCC(C)C)c(OC)c2)nc1C. The summed E-state index contributed by atoms with van der Waals surface area (Å²) in [6.07, 6.45) is 4.09. The zero-order valence-corrected chi connectivity index (χ0v) is 27.4. The Kier molecular flexibility index (Phi) is 9.29. The van der Waals surface area contributed by atoms with E-state index in [4.69, 9.17) is 14.2 Å². The van der Waals surface area contributed by atoms with Crippen molar-refractivity contribution < 1.29 is 33.7 Å². The molecule has 1 fully saturated rings. The van der Waals surface area contributed by atoms with Gasteiger partial charge in [-0.1, -0.05) is 50.0 Å². The molecule has 5 rings (SSSR count). The molecule has 3 aromatic heterocycles. The van der Waals surface area contributed by atoms with Gasteiger partial charge in [0.05, 0.1) is 36.7 Å². The minimum Gasteiger partial charge on any atom is -0.505 e. The molecule has 1 unspecified atom stereocenters. The number of hydrogen-bond acceptors (Lipinski definition) is 10. The number of benzene rings is 1. The van der Waals surface area contributed by atoms with Crippen molar-refractivity contribution in [3.63, 3.8) is 0 Å². The lowest BCUT2D eigenvalue weighted by Crippen LogP contribution is -2.29. The van der Waals surface area contributed by atoms with E-state index in [1.165, 1.54) is 18.1 Å². The molecule has 0 saturated carbocycles. The average Bonchev–Trinajstić information content (AvgIpc) is 3.67. The van der Waals surface area contributed by atoms with Gasteiger partial charge in [0.25, 0.3) is 5.78 Å². The molecular weight excluding hydrogens is 608 g/mol. The number of aromatic nitrogens is 3. The third kappa shape index (κ3) is 5.87. The summed E-state index contributed by atoms with van der Waals surface area (Å²) in [5, 5.41) is 11.9. The van der Waals surface area contributed by atoms with Gasteiger partial charge >= 0.3 is 11.9 Å².